The first kappa shape index (κ1) is 14.7. The highest BCUT2D eigenvalue weighted by molar-refractivity contribution is 5.86. The normalized spacial score (nSPS) is 22.8. The van der Waals surface area contributed by atoms with Crippen molar-refractivity contribution in [2.75, 3.05) is 40.0 Å². The van der Waals surface area contributed by atoms with Gasteiger partial charge in [0.25, 0.3) is 0 Å². The van der Waals surface area contributed by atoms with Crippen molar-refractivity contribution in [3.05, 3.63) is 0 Å². The lowest BCUT2D eigenvalue weighted by Gasteiger charge is -2.27. The van der Waals surface area contributed by atoms with Crippen molar-refractivity contribution in [2.45, 2.75) is 18.9 Å². The first-order chi connectivity index (χ1) is 8.52. The van der Waals surface area contributed by atoms with Crippen molar-refractivity contribution in [1.82, 2.24) is 10.2 Å². The molecule has 1 rings (SSSR count). The molecule has 0 aromatic rings. The quantitative estimate of drug-likeness (QED) is 0.651. The number of nitrogens with one attached hydrogen (secondary N) is 1. The zero-order valence-corrected chi connectivity index (χ0v) is 10.8. The van der Waals surface area contributed by atoms with Crippen LogP contribution >= 0.6 is 0 Å². The Labute approximate surface area is 106 Å². The number of rotatable bonds is 6. The van der Waals surface area contributed by atoms with Crippen LogP contribution in [0.25, 0.3) is 0 Å². The molecule has 1 aliphatic heterocycles. The molecule has 2 N–H and O–H groups in total. The summed E-state index contributed by atoms with van der Waals surface area (Å²) in [5.41, 5.74) is -1.29. The third-order valence-electron chi connectivity index (χ3n) is 2.90. The van der Waals surface area contributed by atoms with Crippen LogP contribution in [0.3, 0.4) is 0 Å². The van der Waals surface area contributed by atoms with Crippen molar-refractivity contribution in [3.63, 3.8) is 0 Å². The predicted octanol–water partition coefficient (Wildman–Crippen LogP) is -0.0920. The maximum Gasteiger partial charge on any atom is 0.332 e. The average molecular weight is 260 g/mol. The molecule has 0 aliphatic carbocycles. The minimum atomic E-state index is -1.29. The Bertz CT molecular complexity index is 302. The number of ether oxygens (including phenoxy) is 2. The number of carbonyl (C=O) groups excluding carboxylic acids is 1. The van der Waals surface area contributed by atoms with Gasteiger partial charge in [-0.3, -0.25) is 0 Å². The van der Waals surface area contributed by atoms with Gasteiger partial charge in [0.2, 0.25) is 0 Å². The molecule has 0 spiro atoms. The number of carbonyl (C=O) groups is 2. The zero-order valence-electron chi connectivity index (χ0n) is 10.8. The predicted molar refractivity (Wildman–Crippen MR) is 63.5 cm³/mol. The number of carboxylic acids is 1. The largest absolute Gasteiger partial charge is 0.479 e. The van der Waals surface area contributed by atoms with Crippen LogP contribution in [-0.2, 0) is 14.3 Å². The summed E-state index contributed by atoms with van der Waals surface area (Å²) >= 11 is 0. The second-order valence-corrected chi connectivity index (χ2v) is 4.24. The maximum absolute atomic E-state index is 11.8. The van der Waals surface area contributed by atoms with E-state index in [1.165, 1.54) is 4.90 Å². The van der Waals surface area contributed by atoms with Crippen molar-refractivity contribution in [3.8, 4) is 0 Å². The Morgan fingerprint density at radius 3 is 2.78 bits per heavy atom. The molecule has 104 valence electrons. The summed E-state index contributed by atoms with van der Waals surface area (Å²) in [4.78, 5) is 24.4. The van der Waals surface area contributed by atoms with Crippen LogP contribution in [0.5, 0.6) is 0 Å². The van der Waals surface area contributed by atoms with E-state index in [4.69, 9.17) is 9.47 Å². The van der Waals surface area contributed by atoms with Crippen LogP contribution in [0.1, 0.15) is 13.3 Å². The van der Waals surface area contributed by atoms with Crippen LogP contribution in [0.2, 0.25) is 0 Å². The molecule has 0 aromatic heterocycles. The molecule has 0 radical (unpaired) electrons. The van der Waals surface area contributed by atoms with Gasteiger partial charge in [0.15, 0.2) is 5.54 Å². The lowest BCUT2D eigenvalue weighted by Crippen LogP contribution is -2.58. The number of likely N-dealkylation sites (N-methyl/N-ethyl adjacent to an activating group) is 1. The van der Waals surface area contributed by atoms with E-state index < -0.39 is 17.5 Å². The molecule has 1 fully saturated rings. The molecule has 18 heavy (non-hydrogen) atoms. The number of urea groups is 1. The second-order valence-electron chi connectivity index (χ2n) is 4.24. The standard InChI is InChI=1S/C11H20N2O5/c1-3-17-7-5-13(2)10(16)12-11(9(14)15)4-6-18-8-11/h3-8H2,1-2H3,(H,12,16)(H,14,15). The van der Waals surface area contributed by atoms with E-state index in [-0.39, 0.29) is 13.0 Å². The van der Waals surface area contributed by atoms with Gasteiger partial charge >= 0.3 is 12.0 Å². The first-order valence-electron chi connectivity index (χ1n) is 5.94. The molecule has 1 aliphatic rings. The van der Waals surface area contributed by atoms with E-state index >= 15 is 0 Å². The maximum atomic E-state index is 11.8. The SMILES string of the molecule is CCOCCN(C)C(=O)NC1(C(=O)O)CCOC1. The van der Waals surface area contributed by atoms with Crippen LogP contribution in [0, 0.1) is 0 Å². The molecule has 0 bridgehead atoms. The van der Waals surface area contributed by atoms with E-state index in [1.54, 1.807) is 7.05 Å². The third-order valence-corrected chi connectivity index (χ3v) is 2.90. The number of hydrogen-bond donors (Lipinski definition) is 2. The fraction of sp³-hybridized carbons (Fsp3) is 0.818. The molecule has 0 aromatic carbocycles. The summed E-state index contributed by atoms with van der Waals surface area (Å²) in [5.74, 6) is -1.06. The highest BCUT2D eigenvalue weighted by atomic mass is 16.5. The highest BCUT2D eigenvalue weighted by Crippen LogP contribution is 2.19. The lowest BCUT2D eigenvalue weighted by atomic mass is 9.99. The van der Waals surface area contributed by atoms with E-state index in [9.17, 15) is 14.7 Å². The number of carboxylic acid groups (broad SMARTS) is 1. The van der Waals surface area contributed by atoms with E-state index in [2.05, 4.69) is 5.32 Å². The van der Waals surface area contributed by atoms with Crippen molar-refractivity contribution in [2.24, 2.45) is 0 Å². The highest BCUT2D eigenvalue weighted by Gasteiger charge is 2.44. The van der Waals surface area contributed by atoms with E-state index in [0.717, 1.165) is 0 Å². The van der Waals surface area contributed by atoms with Crippen LogP contribution in [0.4, 0.5) is 4.79 Å². The lowest BCUT2D eigenvalue weighted by molar-refractivity contribution is -0.144. The number of nitrogens with zero attached hydrogens (tertiary/aromatic N) is 1. The molecule has 7 nitrogen and oxygen atoms in total. The molecule has 1 atom stereocenters. The second kappa shape index (κ2) is 6.55. The van der Waals surface area contributed by atoms with Crippen LogP contribution in [0.15, 0.2) is 0 Å². The average Bonchev–Trinajstić information content (AvgIpc) is 2.79. The monoisotopic (exact) mass is 260 g/mol. The summed E-state index contributed by atoms with van der Waals surface area (Å²) in [5, 5.41) is 11.7. The van der Waals surface area contributed by atoms with Crippen molar-refractivity contribution in [1.29, 1.82) is 0 Å². The van der Waals surface area contributed by atoms with Crippen LogP contribution < -0.4 is 5.32 Å². The van der Waals surface area contributed by atoms with Crippen LogP contribution in [-0.4, -0.2) is 67.6 Å². The minimum absolute atomic E-state index is 0.00731. The minimum Gasteiger partial charge on any atom is -0.479 e. The number of aliphatic carboxylic acids is 1. The van der Waals surface area contributed by atoms with Gasteiger partial charge in [0.05, 0.1) is 13.2 Å². The van der Waals surface area contributed by atoms with Gasteiger partial charge < -0.3 is 24.8 Å². The van der Waals surface area contributed by atoms with Gasteiger partial charge in [-0.2, -0.15) is 0 Å². The Kier molecular flexibility index (Phi) is 5.36. The van der Waals surface area contributed by atoms with Crippen molar-refractivity contribution < 1.29 is 24.2 Å². The van der Waals surface area contributed by atoms with Gasteiger partial charge in [-0.1, -0.05) is 0 Å². The number of hydrogen-bond acceptors (Lipinski definition) is 4. The Morgan fingerprint density at radius 1 is 1.56 bits per heavy atom. The smallest absolute Gasteiger partial charge is 0.332 e. The molecular formula is C11H20N2O5. The first-order valence-corrected chi connectivity index (χ1v) is 5.94. The summed E-state index contributed by atoms with van der Waals surface area (Å²) in [6.07, 6.45) is 0.285. The van der Waals surface area contributed by atoms with Gasteiger partial charge in [-0.25, -0.2) is 9.59 Å². The Hall–Kier alpha value is -1.34. The van der Waals surface area contributed by atoms with Gasteiger partial charge in [0, 0.05) is 33.2 Å². The molecular weight excluding hydrogens is 240 g/mol. The molecule has 2 amide bonds. The fourth-order valence-corrected chi connectivity index (χ4v) is 1.63. The van der Waals surface area contributed by atoms with Crippen molar-refractivity contribution >= 4 is 12.0 Å². The van der Waals surface area contributed by atoms with E-state index in [0.29, 0.717) is 26.4 Å². The molecule has 0 saturated carbocycles. The van der Waals surface area contributed by atoms with E-state index in [1.807, 2.05) is 6.92 Å². The van der Waals surface area contributed by atoms with Gasteiger partial charge in [-0.15, -0.1) is 0 Å². The third kappa shape index (κ3) is 3.58. The van der Waals surface area contributed by atoms with Gasteiger partial charge in [-0.05, 0) is 6.92 Å². The summed E-state index contributed by atoms with van der Waals surface area (Å²) in [6, 6.07) is -0.428. The number of amides is 2. The molecule has 1 heterocycles. The Balaban J connectivity index is 2.49. The molecule has 1 saturated heterocycles. The summed E-state index contributed by atoms with van der Waals surface area (Å²) < 4.78 is 10.2. The summed E-state index contributed by atoms with van der Waals surface area (Å²) in [6.45, 7) is 3.65. The summed E-state index contributed by atoms with van der Waals surface area (Å²) in [7, 11) is 1.60. The fourth-order valence-electron chi connectivity index (χ4n) is 1.63. The molecule has 1 unspecified atom stereocenters. The van der Waals surface area contributed by atoms with Gasteiger partial charge in [0.1, 0.15) is 0 Å². The Morgan fingerprint density at radius 2 is 2.28 bits per heavy atom. The zero-order chi connectivity index (χ0) is 13.6. The topological polar surface area (TPSA) is 88.1 Å². The molecule has 7 heteroatoms.